The third kappa shape index (κ3) is 4.67. The van der Waals surface area contributed by atoms with Crippen LogP contribution in [0.1, 0.15) is 10.4 Å². The molecule has 0 radical (unpaired) electrons. The van der Waals surface area contributed by atoms with Gasteiger partial charge in [0.1, 0.15) is 12.4 Å². The highest BCUT2D eigenvalue weighted by atomic mass is 35.5. The molecule has 0 unspecified atom stereocenters. The van der Waals surface area contributed by atoms with Crippen molar-refractivity contribution in [2.45, 2.75) is 0 Å². The Morgan fingerprint density at radius 3 is 2.55 bits per heavy atom. The Labute approximate surface area is 135 Å². The van der Waals surface area contributed by atoms with E-state index in [2.05, 4.69) is 5.32 Å². The first-order valence-electron chi connectivity index (χ1n) is 7.00. The van der Waals surface area contributed by atoms with Crippen LogP contribution in [0.15, 0.2) is 48.5 Å². The second kappa shape index (κ2) is 7.71. The first-order valence-corrected chi connectivity index (χ1v) is 7.38. The molecule has 2 rings (SSSR count). The van der Waals surface area contributed by atoms with E-state index in [0.717, 1.165) is 5.69 Å². The molecule has 116 valence electrons. The van der Waals surface area contributed by atoms with Crippen LogP contribution < -0.4 is 15.0 Å². The van der Waals surface area contributed by atoms with Crippen molar-refractivity contribution in [1.29, 1.82) is 0 Å². The number of carbonyl (C=O) groups excluding carboxylic acids is 1. The fraction of sp³-hybridized carbons (Fsp3) is 0.235. The summed E-state index contributed by atoms with van der Waals surface area (Å²) in [5.74, 6) is 0.581. The lowest BCUT2D eigenvalue weighted by atomic mass is 10.2. The number of halogens is 1. The van der Waals surface area contributed by atoms with Crippen LogP contribution in [0, 0.1) is 0 Å². The van der Waals surface area contributed by atoms with Crippen molar-refractivity contribution >= 4 is 23.2 Å². The van der Waals surface area contributed by atoms with Gasteiger partial charge in [0.15, 0.2) is 0 Å². The smallest absolute Gasteiger partial charge is 0.251 e. The predicted octanol–water partition coefficient (Wildman–Crippen LogP) is 3.21. The van der Waals surface area contributed by atoms with Crippen molar-refractivity contribution in [2.75, 3.05) is 32.1 Å². The minimum atomic E-state index is -0.111. The number of rotatable bonds is 6. The maximum absolute atomic E-state index is 12.0. The van der Waals surface area contributed by atoms with E-state index < -0.39 is 0 Å². The summed E-state index contributed by atoms with van der Waals surface area (Å²) in [6.07, 6.45) is 0. The molecule has 0 saturated heterocycles. The zero-order chi connectivity index (χ0) is 15.9. The lowest BCUT2D eigenvalue weighted by Gasteiger charge is -2.12. The SMILES string of the molecule is CN(C)c1ccc(C(=O)NCCOc2cccc(Cl)c2)cc1. The van der Waals surface area contributed by atoms with Gasteiger partial charge in [-0.25, -0.2) is 0 Å². The Kier molecular flexibility index (Phi) is 5.67. The maximum atomic E-state index is 12.0. The molecule has 5 heteroatoms. The number of nitrogens with one attached hydrogen (secondary N) is 1. The Hall–Kier alpha value is -2.20. The number of hydrogen-bond acceptors (Lipinski definition) is 3. The van der Waals surface area contributed by atoms with Crippen LogP contribution in [-0.2, 0) is 0 Å². The van der Waals surface area contributed by atoms with E-state index in [1.54, 1.807) is 12.1 Å². The molecule has 1 N–H and O–H groups in total. The van der Waals surface area contributed by atoms with Gasteiger partial charge in [-0.1, -0.05) is 17.7 Å². The molecule has 0 atom stereocenters. The molecule has 0 aliphatic heterocycles. The van der Waals surface area contributed by atoms with Gasteiger partial charge >= 0.3 is 0 Å². The predicted molar refractivity (Wildman–Crippen MR) is 90.0 cm³/mol. The lowest BCUT2D eigenvalue weighted by molar-refractivity contribution is 0.0947. The van der Waals surface area contributed by atoms with Crippen LogP contribution in [0.3, 0.4) is 0 Å². The maximum Gasteiger partial charge on any atom is 0.251 e. The van der Waals surface area contributed by atoms with Gasteiger partial charge in [0.25, 0.3) is 5.91 Å². The van der Waals surface area contributed by atoms with E-state index in [4.69, 9.17) is 16.3 Å². The van der Waals surface area contributed by atoms with E-state index in [1.807, 2.05) is 55.4 Å². The molecule has 0 aromatic heterocycles. The number of benzene rings is 2. The Morgan fingerprint density at radius 2 is 1.91 bits per heavy atom. The highest BCUT2D eigenvalue weighted by Gasteiger charge is 2.05. The molecule has 2 aromatic rings. The summed E-state index contributed by atoms with van der Waals surface area (Å²) in [6, 6.07) is 14.6. The van der Waals surface area contributed by atoms with Gasteiger partial charge in [-0.3, -0.25) is 4.79 Å². The molecule has 0 bridgehead atoms. The van der Waals surface area contributed by atoms with Crippen molar-refractivity contribution in [3.05, 3.63) is 59.1 Å². The van der Waals surface area contributed by atoms with Crippen molar-refractivity contribution in [1.82, 2.24) is 5.32 Å². The molecule has 2 aromatic carbocycles. The van der Waals surface area contributed by atoms with Gasteiger partial charge in [-0.15, -0.1) is 0 Å². The summed E-state index contributed by atoms with van der Waals surface area (Å²) in [5.41, 5.74) is 1.69. The van der Waals surface area contributed by atoms with Crippen molar-refractivity contribution in [3.63, 3.8) is 0 Å². The summed E-state index contributed by atoms with van der Waals surface area (Å²) < 4.78 is 5.52. The summed E-state index contributed by atoms with van der Waals surface area (Å²) in [5, 5.41) is 3.45. The Balaban J connectivity index is 1.78. The van der Waals surface area contributed by atoms with Gasteiger partial charge in [0.2, 0.25) is 0 Å². The summed E-state index contributed by atoms with van der Waals surface area (Å²) in [6.45, 7) is 0.822. The molecule has 22 heavy (non-hydrogen) atoms. The van der Waals surface area contributed by atoms with Crippen LogP contribution >= 0.6 is 11.6 Å². The molecule has 0 heterocycles. The fourth-order valence-corrected chi connectivity index (χ4v) is 2.08. The van der Waals surface area contributed by atoms with E-state index in [0.29, 0.717) is 29.5 Å². The fourth-order valence-electron chi connectivity index (χ4n) is 1.90. The summed E-state index contributed by atoms with van der Waals surface area (Å²) in [4.78, 5) is 14.0. The summed E-state index contributed by atoms with van der Waals surface area (Å²) in [7, 11) is 3.92. The first kappa shape index (κ1) is 16.2. The third-order valence-electron chi connectivity index (χ3n) is 3.10. The molecule has 1 amide bonds. The van der Waals surface area contributed by atoms with E-state index >= 15 is 0 Å². The Bertz CT molecular complexity index is 627. The minimum Gasteiger partial charge on any atom is -0.492 e. The number of amides is 1. The van der Waals surface area contributed by atoms with Gasteiger partial charge in [0.05, 0.1) is 6.54 Å². The van der Waals surface area contributed by atoms with Crippen LogP contribution in [0.5, 0.6) is 5.75 Å². The largest absolute Gasteiger partial charge is 0.492 e. The second-order valence-electron chi connectivity index (χ2n) is 5.00. The standard InChI is InChI=1S/C17H19ClN2O2/c1-20(2)15-8-6-13(7-9-15)17(21)19-10-11-22-16-5-3-4-14(18)12-16/h3-9,12H,10-11H2,1-2H3,(H,19,21). The van der Waals surface area contributed by atoms with E-state index in [9.17, 15) is 4.79 Å². The highest BCUT2D eigenvalue weighted by molar-refractivity contribution is 6.30. The third-order valence-corrected chi connectivity index (χ3v) is 3.33. The van der Waals surface area contributed by atoms with Crippen LogP contribution in [0.2, 0.25) is 5.02 Å². The van der Waals surface area contributed by atoms with Gasteiger partial charge in [0, 0.05) is 30.4 Å². The van der Waals surface area contributed by atoms with Crippen LogP contribution in [0.25, 0.3) is 0 Å². The second-order valence-corrected chi connectivity index (χ2v) is 5.44. The Morgan fingerprint density at radius 1 is 1.18 bits per heavy atom. The van der Waals surface area contributed by atoms with Crippen LogP contribution in [-0.4, -0.2) is 33.2 Å². The minimum absolute atomic E-state index is 0.111. The average Bonchev–Trinajstić information content (AvgIpc) is 2.51. The topological polar surface area (TPSA) is 41.6 Å². The number of carbonyl (C=O) groups is 1. The average molecular weight is 319 g/mol. The first-order chi connectivity index (χ1) is 10.6. The summed E-state index contributed by atoms with van der Waals surface area (Å²) >= 11 is 5.87. The zero-order valence-electron chi connectivity index (χ0n) is 12.7. The zero-order valence-corrected chi connectivity index (χ0v) is 13.4. The quantitative estimate of drug-likeness (QED) is 0.832. The van der Waals surface area contributed by atoms with Gasteiger partial charge in [-0.05, 0) is 42.5 Å². The van der Waals surface area contributed by atoms with E-state index in [-0.39, 0.29) is 5.91 Å². The van der Waals surface area contributed by atoms with Gasteiger partial charge < -0.3 is 15.0 Å². The molecule has 0 aliphatic carbocycles. The van der Waals surface area contributed by atoms with Crippen molar-refractivity contribution in [3.8, 4) is 5.75 Å². The van der Waals surface area contributed by atoms with Crippen molar-refractivity contribution in [2.24, 2.45) is 0 Å². The molecular weight excluding hydrogens is 300 g/mol. The normalized spacial score (nSPS) is 10.1. The highest BCUT2D eigenvalue weighted by Crippen LogP contribution is 2.16. The number of anilines is 1. The van der Waals surface area contributed by atoms with Crippen molar-refractivity contribution < 1.29 is 9.53 Å². The monoisotopic (exact) mass is 318 g/mol. The number of nitrogens with zero attached hydrogens (tertiary/aromatic N) is 1. The molecule has 0 fully saturated rings. The molecule has 0 saturated carbocycles. The lowest BCUT2D eigenvalue weighted by Crippen LogP contribution is -2.28. The molecule has 0 aliphatic rings. The van der Waals surface area contributed by atoms with E-state index in [1.165, 1.54) is 0 Å². The molecule has 4 nitrogen and oxygen atoms in total. The number of ether oxygens (including phenoxy) is 1. The molecular formula is C17H19ClN2O2. The van der Waals surface area contributed by atoms with Crippen LogP contribution in [0.4, 0.5) is 5.69 Å². The number of hydrogen-bond donors (Lipinski definition) is 1. The van der Waals surface area contributed by atoms with Gasteiger partial charge in [-0.2, -0.15) is 0 Å². The molecule has 0 spiro atoms.